The largest absolute Gasteiger partial charge is 0.467 e. The molecule has 0 saturated carbocycles. The quantitative estimate of drug-likeness (QED) is 0.266. The predicted octanol–water partition coefficient (Wildman–Crippen LogP) is 4.57. The van der Waals surface area contributed by atoms with Crippen molar-refractivity contribution in [3.63, 3.8) is 0 Å². The van der Waals surface area contributed by atoms with Crippen molar-refractivity contribution in [2.45, 2.75) is 6.10 Å². The van der Waals surface area contributed by atoms with E-state index in [1.807, 2.05) is 72.8 Å². The van der Waals surface area contributed by atoms with Crippen molar-refractivity contribution >= 4 is 5.97 Å². The first kappa shape index (κ1) is 21.6. The molecule has 3 rings (SSSR count). The molecule has 0 unspecified atom stereocenters. The van der Waals surface area contributed by atoms with Crippen molar-refractivity contribution < 1.29 is 23.7 Å². The summed E-state index contributed by atoms with van der Waals surface area (Å²) in [6.45, 7) is 0.990. The molecule has 5 heteroatoms. The van der Waals surface area contributed by atoms with E-state index in [1.165, 1.54) is 6.42 Å². The summed E-state index contributed by atoms with van der Waals surface area (Å²) in [7, 11) is 1.61. The number of para-hydroxylation sites is 1. The van der Waals surface area contributed by atoms with Gasteiger partial charge in [-0.1, -0.05) is 78.9 Å². The molecule has 0 aliphatic rings. The topological polar surface area (TPSA) is 54.0 Å². The van der Waals surface area contributed by atoms with Gasteiger partial charge < -0.3 is 18.9 Å². The van der Waals surface area contributed by atoms with Gasteiger partial charge in [0.2, 0.25) is 0 Å². The van der Waals surface area contributed by atoms with Crippen LogP contribution in [0.1, 0.15) is 22.8 Å². The molecule has 3 aromatic carbocycles. The standard InChI is InChI=1S/C25H25O5/c1-27-16-17-28-19-29-23-15-9-8-14-22(23)18-24(26)30-25(20-10-4-2-5-11-20)21-12-6-3-7-13-21/h2-15,18,25H,16-17,19H2,1H3. The van der Waals surface area contributed by atoms with Crippen LogP contribution in [0.4, 0.5) is 0 Å². The number of esters is 1. The van der Waals surface area contributed by atoms with Gasteiger partial charge in [-0.3, -0.25) is 4.79 Å². The molecule has 0 N–H and O–H groups in total. The molecule has 0 aliphatic heterocycles. The summed E-state index contributed by atoms with van der Waals surface area (Å²) in [5.74, 6) is 0.0897. The summed E-state index contributed by atoms with van der Waals surface area (Å²) in [6.07, 6.45) is 0.935. The van der Waals surface area contributed by atoms with Crippen molar-refractivity contribution in [2.75, 3.05) is 27.1 Å². The first-order chi connectivity index (χ1) is 14.8. The molecule has 1 radical (unpaired) electrons. The Kier molecular flexibility index (Phi) is 8.45. The van der Waals surface area contributed by atoms with E-state index in [0.29, 0.717) is 24.5 Å². The summed E-state index contributed by atoms with van der Waals surface area (Å²) in [4.78, 5) is 12.8. The molecule has 0 bridgehead atoms. The van der Waals surface area contributed by atoms with Crippen LogP contribution in [-0.2, 0) is 19.0 Å². The van der Waals surface area contributed by atoms with E-state index < -0.39 is 12.1 Å². The fourth-order valence-electron chi connectivity index (χ4n) is 2.90. The molecule has 3 aromatic rings. The normalized spacial score (nSPS) is 10.7. The van der Waals surface area contributed by atoms with Gasteiger partial charge >= 0.3 is 5.97 Å². The van der Waals surface area contributed by atoms with Crippen molar-refractivity contribution in [1.29, 1.82) is 0 Å². The fraction of sp³-hybridized carbons (Fsp3) is 0.200. The second-order valence-electron chi connectivity index (χ2n) is 6.48. The molecule has 0 heterocycles. The van der Waals surface area contributed by atoms with Crippen LogP contribution in [0.2, 0.25) is 0 Å². The number of hydrogen-bond donors (Lipinski definition) is 0. The Labute approximate surface area is 177 Å². The van der Waals surface area contributed by atoms with Crippen molar-refractivity contribution in [3.8, 4) is 5.75 Å². The van der Waals surface area contributed by atoms with Gasteiger partial charge in [-0.15, -0.1) is 0 Å². The number of benzene rings is 3. The molecule has 0 amide bonds. The van der Waals surface area contributed by atoms with Gasteiger partial charge in [0, 0.05) is 12.7 Å². The molecule has 30 heavy (non-hydrogen) atoms. The second kappa shape index (κ2) is 11.8. The molecule has 0 spiro atoms. The van der Waals surface area contributed by atoms with Crippen LogP contribution in [0.3, 0.4) is 0 Å². The number of carbonyl (C=O) groups excluding carboxylic acids is 1. The Bertz CT molecular complexity index is 856. The minimum Gasteiger partial charge on any atom is -0.467 e. The first-order valence-corrected chi connectivity index (χ1v) is 9.71. The van der Waals surface area contributed by atoms with Gasteiger partial charge in [-0.2, -0.15) is 0 Å². The summed E-state index contributed by atoms with van der Waals surface area (Å²) >= 11 is 0. The van der Waals surface area contributed by atoms with Crippen LogP contribution in [0.15, 0.2) is 84.9 Å². The van der Waals surface area contributed by atoms with Crippen LogP contribution >= 0.6 is 0 Å². The molecule has 0 saturated heterocycles. The zero-order valence-corrected chi connectivity index (χ0v) is 16.9. The Morgan fingerprint density at radius 3 is 2.07 bits per heavy atom. The highest BCUT2D eigenvalue weighted by Crippen LogP contribution is 2.28. The Hall–Kier alpha value is -3.15. The summed E-state index contributed by atoms with van der Waals surface area (Å²) < 4.78 is 21.8. The molecule has 0 aliphatic carbocycles. The van der Waals surface area contributed by atoms with Crippen molar-refractivity contribution in [3.05, 3.63) is 108 Å². The highest BCUT2D eigenvalue weighted by atomic mass is 16.7. The molecule has 0 fully saturated rings. The van der Waals surface area contributed by atoms with E-state index in [0.717, 1.165) is 11.1 Å². The molecule has 0 atom stereocenters. The monoisotopic (exact) mass is 405 g/mol. The lowest BCUT2D eigenvalue weighted by Crippen LogP contribution is -2.14. The number of ether oxygens (including phenoxy) is 4. The Morgan fingerprint density at radius 2 is 1.43 bits per heavy atom. The third-order valence-corrected chi connectivity index (χ3v) is 4.36. The number of rotatable bonds is 11. The second-order valence-corrected chi connectivity index (χ2v) is 6.48. The molecule has 0 aromatic heterocycles. The van der Waals surface area contributed by atoms with Gasteiger partial charge in [0.05, 0.1) is 13.2 Å². The number of hydrogen-bond acceptors (Lipinski definition) is 5. The van der Waals surface area contributed by atoms with Gasteiger partial charge in [-0.05, 0) is 17.2 Å². The van der Waals surface area contributed by atoms with E-state index in [9.17, 15) is 4.79 Å². The van der Waals surface area contributed by atoms with Crippen molar-refractivity contribution in [1.82, 2.24) is 0 Å². The minimum absolute atomic E-state index is 0.0694. The first-order valence-electron chi connectivity index (χ1n) is 9.71. The SMILES string of the molecule is COCCOCOc1ccccc1[CH]C(=O)OC(c1ccccc1)c1ccccc1. The third-order valence-electron chi connectivity index (χ3n) is 4.36. The maximum absolute atomic E-state index is 12.8. The van der Waals surface area contributed by atoms with Crippen LogP contribution in [0.5, 0.6) is 5.75 Å². The summed E-state index contributed by atoms with van der Waals surface area (Å²) in [6, 6.07) is 26.6. The van der Waals surface area contributed by atoms with Crippen LogP contribution in [0, 0.1) is 6.42 Å². The molecule has 5 nitrogen and oxygen atoms in total. The Balaban J connectivity index is 1.68. The van der Waals surface area contributed by atoms with E-state index in [-0.39, 0.29) is 6.79 Å². The number of carbonyl (C=O) groups is 1. The number of methoxy groups -OCH3 is 1. The fourth-order valence-corrected chi connectivity index (χ4v) is 2.90. The van der Waals surface area contributed by atoms with Gasteiger partial charge in [0.25, 0.3) is 0 Å². The maximum atomic E-state index is 12.8. The lowest BCUT2D eigenvalue weighted by molar-refractivity contribution is -0.142. The molecular formula is C25H25O5. The maximum Gasteiger partial charge on any atom is 0.315 e. The highest BCUT2D eigenvalue weighted by molar-refractivity contribution is 5.84. The van der Waals surface area contributed by atoms with Crippen LogP contribution < -0.4 is 4.74 Å². The van der Waals surface area contributed by atoms with Crippen LogP contribution in [0.25, 0.3) is 0 Å². The summed E-state index contributed by atoms with van der Waals surface area (Å²) in [5.41, 5.74) is 2.43. The van der Waals surface area contributed by atoms with Crippen LogP contribution in [-0.4, -0.2) is 33.1 Å². The van der Waals surface area contributed by atoms with E-state index in [1.54, 1.807) is 19.2 Å². The summed E-state index contributed by atoms with van der Waals surface area (Å²) in [5, 5.41) is 0. The third kappa shape index (κ3) is 6.44. The lowest BCUT2D eigenvalue weighted by Gasteiger charge is -2.19. The average molecular weight is 405 g/mol. The van der Waals surface area contributed by atoms with E-state index in [4.69, 9.17) is 18.9 Å². The zero-order valence-electron chi connectivity index (χ0n) is 16.9. The highest BCUT2D eigenvalue weighted by Gasteiger charge is 2.20. The van der Waals surface area contributed by atoms with E-state index >= 15 is 0 Å². The van der Waals surface area contributed by atoms with Crippen molar-refractivity contribution in [2.24, 2.45) is 0 Å². The minimum atomic E-state index is -0.499. The van der Waals surface area contributed by atoms with Gasteiger partial charge in [-0.25, -0.2) is 0 Å². The smallest absolute Gasteiger partial charge is 0.315 e. The average Bonchev–Trinajstić information content (AvgIpc) is 2.79. The lowest BCUT2D eigenvalue weighted by atomic mass is 10.0. The molecule has 155 valence electrons. The van der Waals surface area contributed by atoms with Gasteiger partial charge in [0.15, 0.2) is 12.9 Å². The Morgan fingerprint density at radius 1 is 0.833 bits per heavy atom. The zero-order chi connectivity index (χ0) is 21.0. The van der Waals surface area contributed by atoms with E-state index in [2.05, 4.69) is 0 Å². The molecular weight excluding hydrogens is 380 g/mol. The van der Waals surface area contributed by atoms with Gasteiger partial charge in [0.1, 0.15) is 12.2 Å². The predicted molar refractivity (Wildman–Crippen MR) is 114 cm³/mol.